The fourth-order valence-electron chi connectivity index (χ4n) is 1.61. The predicted octanol–water partition coefficient (Wildman–Crippen LogP) is 2.54. The summed E-state index contributed by atoms with van der Waals surface area (Å²) in [4.78, 5) is 0. The molecule has 4 nitrogen and oxygen atoms in total. The highest BCUT2D eigenvalue weighted by molar-refractivity contribution is 5.55. The molecule has 4 heteroatoms. The molecule has 0 spiro atoms. The molecule has 0 radical (unpaired) electrons. The van der Waals surface area contributed by atoms with Crippen LogP contribution in [0.2, 0.25) is 0 Å². The van der Waals surface area contributed by atoms with Crippen LogP contribution in [0.5, 0.6) is 11.5 Å². The lowest BCUT2D eigenvalue weighted by Crippen LogP contribution is -2.20. The SMILES string of the molecule is CCOc1ccc(NC(C)COC)cc1OC. The zero-order valence-corrected chi connectivity index (χ0v) is 10.9. The van der Waals surface area contributed by atoms with Crippen LogP contribution in [0.1, 0.15) is 13.8 Å². The van der Waals surface area contributed by atoms with Gasteiger partial charge in [-0.15, -0.1) is 0 Å². The Morgan fingerprint density at radius 1 is 1.24 bits per heavy atom. The second-order valence-corrected chi connectivity index (χ2v) is 3.80. The molecule has 0 bridgehead atoms. The van der Waals surface area contributed by atoms with E-state index in [0.29, 0.717) is 13.2 Å². The van der Waals surface area contributed by atoms with Crippen LogP contribution in [0.3, 0.4) is 0 Å². The van der Waals surface area contributed by atoms with Gasteiger partial charge in [0.1, 0.15) is 0 Å². The molecule has 0 saturated heterocycles. The normalized spacial score (nSPS) is 12.0. The fourth-order valence-corrected chi connectivity index (χ4v) is 1.61. The first-order valence-corrected chi connectivity index (χ1v) is 5.77. The van der Waals surface area contributed by atoms with Gasteiger partial charge in [0.15, 0.2) is 11.5 Å². The molecule has 96 valence electrons. The van der Waals surface area contributed by atoms with Crippen molar-refractivity contribution in [3.8, 4) is 11.5 Å². The van der Waals surface area contributed by atoms with E-state index < -0.39 is 0 Å². The van der Waals surface area contributed by atoms with E-state index in [9.17, 15) is 0 Å². The summed E-state index contributed by atoms with van der Waals surface area (Å²) in [5.41, 5.74) is 0.995. The van der Waals surface area contributed by atoms with Gasteiger partial charge in [0.2, 0.25) is 0 Å². The minimum absolute atomic E-state index is 0.252. The highest BCUT2D eigenvalue weighted by atomic mass is 16.5. The van der Waals surface area contributed by atoms with Crippen molar-refractivity contribution in [3.63, 3.8) is 0 Å². The van der Waals surface area contributed by atoms with E-state index in [4.69, 9.17) is 14.2 Å². The number of methoxy groups -OCH3 is 2. The van der Waals surface area contributed by atoms with Crippen molar-refractivity contribution in [2.24, 2.45) is 0 Å². The van der Waals surface area contributed by atoms with Crippen LogP contribution in [-0.4, -0.2) is 33.5 Å². The Morgan fingerprint density at radius 2 is 2.00 bits per heavy atom. The van der Waals surface area contributed by atoms with E-state index in [-0.39, 0.29) is 6.04 Å². The summed E-state index contributed by atoms with van der Waals surface area (Å²) < 4.78 is 15.8. The topological polar surface area (TPSA) is 39.7 Å². The first-order chi connectivity index (χ1) is 8.21. The van der Waals surface area contributed by atoms with Gasteiger partial charge >= 0.3 is 0 Å². The molecule has 1 aromatic rings. The summed E-state index contributed by atoms with van der Waals surface area (Å²) in [6, 6.07) is 6.06. The molecule has 0 aliphatic rings. The van der Waals surface area contributed by atoms with Crippen molar-refractivity contribution in [2.45, 2.75) is 19.9 Å². The number of nitrogens with one attached hydrogen (secondary N) is 1. The Balaban J connectivity index is 2.74. The van der Waals surface area contributed by atoms with Crippen molar-refractivity contribution in [1.82, 2.24) is 0 Å². The van der Waals surface area contributed by atoms with Gasteiger partial charge in [0.05, 0.1) is 20.3 Å². The Kier molecular flexibility index (Phi) is 5.63. The van der Waals surface area contributed by atoms with Crippen LogP contribution in [0.15, 0.2) is 18.2 Å². The molecule has 1 aromatic carbocycles. The summed E-state index contributed by atoms with van der Waals surface area (Å²) in [5, 5.41) is 3.33. The van der Waals surface area contributed by atoms with Gasteiger partial charge in [-0.25, -0.2) is 0 Å². The molecule has 0 aromatic heterocycles. The van der Waals surface area contributed by atoms with Gasteiger partial charge in [-0.05, 0) is 26.0 Å². The van der Waals surface area contributed by atoms with E-state index in [2.05, 4.69) is 12.2 Å². The second kappa shape index (κ2) is 7.01. The zero-order valence-electron chi connectivity index (χ0n) is 10.9. The van der Waals surface area contributed by atoms with Gasteiger partial charge in [-0.2, -0.15) is 0 Å². The van der Waals surface area contributed by atoms with Crippen molar-refractivity contribution in [2.75, 3.05) is 32.8 Å². The first kappa shape index (κ1) is 13.6. The number of hydrogen-bond acceptors (Lipinski definition) is 4. The third-order valence-electron chi connectivity index (χ3n) is 2.29. The summed E-state index contributed by atoms with van der Waals surface area (Å²) in [6.45, 7) is 5.30. The molecule has 0 saturated carbocycles. The van der Waals surface area contributed by atoms with Crippen molar-refractivity contribution in [1.29, 1.82) is 0 Å². The van der Waals surface area contributed by atoms with Gasteiger partial charge in [0.25, 0.3) is 0 Å². The Labute approximate surface area is 103 Å². The molecular formula is C13H21NO3. The molecular weight excluding hydrogens is 218 g/mol. The molecule has 1 atom stereocenters. The predicted molar refractivity (Wildman–Crippen MR) is 69.1 cm³/mol. The smallest absolute Gasteiger partial charge is 0.162 e. The Morgan fingerprint density at radius 3 is 2.59 bits per heavy atom. The molecule has 0 aliphatic carbocycles. The lowest BCUT2D eigenvalue weighted by molar-refractivity contribution is 0.190. The highest BCUT2D eigenvalue weighted by Gasteiger charge is 2.07. The summed E-state index contributed by atoms with van der Waals surface area (Å²) in [6.07, 6.45) is 0. The van der Waals surface area contributed by atoms with Crippen LogP contribution in [0.4, 0.5) is 5.69 Å². The van der Waals surface area contributed by atoms with Crippen LogP contribution in [-0.2, 0) is 4.74 Å². The third-order valence-corrected chi connectivity index (χ3v) is 2.29. The van der Waals surface area contributed by atoms with E-state index in [1.807, 2.05) is 25.1 Å². The zero-order chi connectivity index (χ0) is 12.7. The molecule has 1 rings (SSSR count). The summed E-state index contributed by atoms with van der Waals surface area (Å²) >= 11 is 0. The lowest BCUT2D eigenvalue weighted by atomic mass is 10.2. The van der Waals surface area contributed by atoms with Crippen LogP contribution < -0.4 is 14.8 Å². The van der Waals surface area contributed by atoms with Crippen LogP contribution in [0.25, 0.3) is 0 Å². The van der Waals surface area contributed by atoms with E-state index >= 15 is 0 Å². The Bertz CT molecular complexity index is 341. The highest BCUT2D eigenvalue weighted by Crippen LogP contribution is 2.30. The van der Waals surface area contributed by atoms with E-state index in [0.717, 1.165) is 17.2 Å². The van der Waals surface area contributed by atoms with Gasteiger partial charge in [-0.3, -0.25) is 0 Å². The number of ether oxygens (including phenoxy) is 3. The maximum absolute atomic E-state index is 5.46. The average molecular weight is 239 g/mol. The lowest BCUT2D eigenvalue weighted by Gasteiger charge is -2.16. The molecule has 1 unspecified atom stereocenters. The maximum Gasteiger partial charge on any atom is 0.162 e. The average Bonchev–Trinajstić information content (AvgIpc) is 2.31. The number of anilines is 1. The number of hydrogen-bond donors (Lipinski definition) is 1. The van der Waals surface area contributed by atoms with Gasteiger partial charge < -0.3 is 19.5 Å². The van der Waals surface area contributed by atoms with Crippen molar-refractivity contribution < 1.29 is 14.2 Å². The minimum atomic E-state index is 0.252. The van der Waals surface area contributed by atoms with E-state index in [1.54, 1.807) is 14.2 Å². The fraction of sp³-hybridized carbons (Fsp3) is 0.538. The van der Waals surface area contributed by atoms with Crippen LogP contribution in [0, 0.1) is 0 Å². The second-order valence-electron chi connectivity index (χ2n) is 3.80. The molecule has 0 aliphatic heterocycles. The van der Waals surface area contributed by atoms with Gasteiger partial charge in [-0.1, -0.05) is 0 Å². The molecule has 0 amide bonds. The summed E-state index contributed by atoms with van der Waals surface area (Å²) in [7, 11) is 3.33. The minimum Gasteiger partial charge on any atom is -0.493 e. The Hall–Kier alpha value is -1.42. The van der Waals surface area contributed by atoms with Crippen LogP contribution >= 0.6 is 0 Å². The van der Waals surface area contributed by atoms with E-state index in [1.165, 1.54) is 0 Å². The maximum atomic E-state index is 5.46. The molecule has 0 heterocycles. The number of rotatable bonds is 7. The number of benzene rings is 1. The molecule has 17 heavy (non-hydrogen) atoms. The molecule has 1 N–H and O–H groups in total. The quantitative estimate of drug-likeness (QED) is 0.793. The van der Waals surface area contributed by atoms with Crippen molar-refractivity contribution in [3.05, 3.63) is 18.2 Å². The monoisotopic (exact) mass is 239 g/mol. The van der Waals surface area contributed by atoms with Crippen molar-refractivity contribution >= 4 is 5.69 Å². The first-order valence-electron chi connectivity index (χ1n) is 5.77. The molecule has 0 fully saturated rings. The largest absolute Gasteiger partial charge is 0.493 e. The summed E-state index contributed by atoms with van der Waals surface area (Å²) in [5.74, 6) is 1.50. The van der Waals surface area contributed by atoms with Gasteiger partial charge in [0, 0.05) is 24.9 Å². The standard InChI is InChI=1S/C13H21NO3/c1-5-17-12-7-6-11(8-13(12)16-4)14-10(2)9-15-3/h6-8,10,14H,5,9H2,1-4H3. The third kappa shape index (κ3) is 4.15.